The molecule has 1 aliphatic carbocycles. The van der Waals surface area contributed by atoms with Gasteiger partial charge >= 0.3 is 0 Å². The Hall–Kier alpha value is -0.890. The fraction of sp³-hybridized carbons (Fsp3) is 0.545. The summed E-state index contributed by atoms with van der Waals surface area (Å²) in [6, 6.07) is 0. The molecule has 0 aliphatic heterocycles. The summed E-state index contributed by atoms with van der Waals surface area (Å²) in [4.78, 5) is 10.8. The lowest BCUT2D eigenvalue weighted by atomic mass is 9.73. The second-order valence-electron chi connectivity index (χ2n) is 3.99. The summed E-state index contributed by atoms with van der Waals surface area (Å²) in [6.45, 7) is 6.07. The largest absolute Gasteiger partial charge is 0.376 e. The molecule has 0 aromatic rings. The zero-order valence-electron chi connectivity index (χ0n) is 8.63. The van der Waals surface area contributed by atoms with Gasteiger partial charge < -0.3 is 4.74 Å². The topological polar surface area (TPSA) is 26.3 Å². The maximum absolute atomic E-state index is 10.8. The maximum atomic E-state index is 10.8. The lowest BCUT2D eigenvalue weighted by Crippen LogP contribution is -2.36. The van der Waals surface area contributed by atoms with Crippen LogP contribution in [0.3, 0.4) is 0 Å². The Labute approximate surface area is 79.3 Å². The molecular weight excluding hydrogens is 164 g/mol. The van der Waals surface area contributed by atoms with Crippen LogP contribution in [0.5, 0.6) is 0 Å². The zero-order valence-corrected chi connectivity index (χ0v) is 8.63. The summed E-state index contributed by atoms with van der Waals surface area (Å²) in [5.41, 5.74) is 1.75. The molecule has 0 bridgehead atoms. The quantitative estimate of drug-likeness (QED) is 0.608. The van der Waals surface area contributed by atoms with Crippen LogP contribution in [0.4, 0.5) is 0 Å². The minimum atomic E-state index is -0.213. The number of carbonyl (C=O) groups is 1. The molecule has 0 N–H and O–H groups in total. The van der Waals surface area contributed by atoms with Crippen LogP contribution in [0.15, 0.2) is 23.3 Å². The highest BCUT2D eigenvalue weighted by Crippen LogP contribution is 2.37. The fourth-order valence-corrected chi connectivity index (χ4v) is 1.92. The average molecular weight is 180 g/mol. The van der Waals surface area contributed by atoms with Crippen LogP contribution in [-0.2, 0) is 9.53 Å². The highest BCUT2D eigenvalue weighted by molar-refractivity contribution is 5.77. The predicted molar refractivity (Wildman–Crippen MR) is 52.5 cm³/mol. The van der Waals surface area contributed by atoms with E-state index in [4.69, 9.17) is 4.74 Å². The van der Waals surface area contributed by atoms with Crippen molar-refractivity contribution in [3.63, 3.8) is 0 Å². The van der Waals surface area contributed by atoms with Gasteiger partial charge in [0.2, 0.25) is 0 Å². The Balaban J connectivity index is 3.10. The first-order chi connectivity index (χ1) is 6.04. The third-order valence-corrected chi connectivity index (χ3v) is 2.70. The minimum absolute atomic E-state index is 0.0118. The maximum Gasteiger partial charge on any atom is 0.146 e. The van der Waals surface area contributed by atoms with Crippen LogP contribution in [-0.4, -0.2) is 19.5 Å². The van der Waals surface area contributed by atoms with Gasteiger partial charge in [-0.2, -0.15) is 0 Å². The van der Waals surface area contributed by atoms with Crippen molar-refractivity contribution in [1.82, 2.24) is 0 Å². The summed E-state index contributed by atoms with van der Waals surface area (Å²) in [5.74, 6) is 0. The van der Waals surface area contributed by atoms with Gasteiger partial charge in [0.25, 0.3) is 0 Å². The summed E-state index contributed by atoms with van der Waals surface area (Å²) < 4.78 is 5.38. The number of methoxy groups -OCH3 is 1. The van der Waals surface area contributed by atoms with Gasteiger partial charge in [-0.3, -0.25) is 4.79 Å². The predicted octanol–water partition coefficient (Wildman–Crippen LogP) is 2.11. The van der Waals surface area contributed by atoms with Gasteiger partial charge in [0, 0.05) is 18.1 Å². The summed E-state index contributed by atoms with van der Waals surface area (Å²) in [6.07, 6.45) is 4.74. The van der Waals surface area contributed by atoms with Crippen LogP contribution in [0.1, 0.15) is 20.8 Å². The van der Waals surface area contributed by atoms with Crippen LogP contribution in [0.25, 0.3) is 0 Å². The third kappa shape index (κ3) is 1.59. The molecule has 0 aromatic carbocycles. The molecule has 0 heterocycles. The van der Waals surface area contributed by atoms with Gasteiger partial charge in [-0.05, 0) is 12.5 Å². The van der Waals surface area contributed by atoms with Crippen molar-refractivity contribution in [3.05, 3.63) is 23.3 Å². The minimum Gasteiger partial charge on any atom is -0.376 e. The molecule has 0 aromatic heterocycles. The molecule has 0 saturated heterocycles. The Bertz CT molecular complexity index is 272. The van der Waals surface area contributed by atoms with Crippen LogP contribution >= 0.6 is 0 Å². The lowest BCUT2D eigenvalue weighted by molar-refractivity contribution is -0.106. The molecule has 0 radical (unpaired) electrons. The van der Waals surface area contributed by atoms with Gasteiger partial charge in [0.15, 0.2) is 0 Å². The van der Waals surface area contributed by atoms with E-state index in [9.17, 15) is 4.79 Å². The molecule has 0 amide bonds. The highest BCUT2D eigenvalue weighted by Gasteiger charge is 2.36. The Morgan fingerprint density at radius 2 is 2.08 bits per heavy atom. The van der Waals surface area contributed by atoms with Crippen LogP contribution in [0.2, 0.25) is 0 Å². The molecule has 1 unspecified atom stereocenters. The van der Waals surface area contributed by atoms with Crippen LogP contribution < -0.4 is 0 Å². The molecule has 2 heteroatoms. The number of allylic oxidation sites excluding steroid dienone is 2. The van der Waals surface area contributed by atoms with Crippen molar-refractivity contribution in [2.75, 3.05) is 7.11 Å². The lowest BCUT2D eigenvalue weighted by Gasteiger charge is -2.36. The first-order valence-electron chi connectivity index (χ1n) is 4.41. The van der Waals surface area contributed by atoms with Crippen molar-refractivity contribution in [2.24, 2.45) is 5.41 Å². The van der Waals surface area contributed by atoms with E-state index in [2.05, 4.69) is 0 Å². The fourth-order valence-electron chi connectivity index (χ4n) is 1.92. The molecule has 2 nitrogen and oxygen atoms in total. The number of aldehydes is 1. The molecule has 0 spiro atoms. The van der Waals surface area contributed by atoms with Crippen molar-refractivity contribution in [2.45, 2.75) is 26.9 Å². The van der Waals surface area contributed by atoms with E-state index in [1.165, 1.54) is 0 Å². The highest BCUT2D eigenvalue weighted by atomic mass is 16.5. The molecule has 0 saturated carbocycles. The number of carbonyl (C=O) groups excluding carboxylic acids is 1. The van der Waals surface area contributed by atoms with Crippen molar-refractivity contribution in [3.8, 4) is 0 Å². The number of rotatable bonds is 2. The van der Waals surface area contributed by atoms with Crippen molar-refractivity contribution < 1.29 is 9.53 Å². The SMILES string of the molecule is COC1C(C)=CC=C(C=O)C1(C)C. The molecule has 72 valence electrons. The van der Waals surface area contributed by atoms with E-state index >= 15 is 0 Å². The second kappa shape index (κ2) is 3.46. The Kier molecular flexibility index (Phi) is 2.71. The van der Waals surface area contributed by atoms with Gasteiger partial charge in [0.05, 0.1) is 6.10 Å². The van der Waals surface area contributed by atoms with Gasteiger partial charge in [-0.15, -0.1) is 0 Å². The smallest absolute Gasteiger partial charge is 0.146 e. The van der Waals surface area contributed by atoms with Gasteiger partial charge in [-0.25, -0.2) is 0 Å². The first kappa shape index (κ1) is 10.2. The van der Waals surface area contributed by atoms with E-state index in [0.29, 0.717) is 0 Å². The van der Waals surface area contributed by atoms with E-state index in [-0.39, 0.29) is 11.5 Å². The summed E-state index contributed by atoms with van der Waals surface area (Å²) >= 11 is 0. The van der Waals surface area contributed by atoms with Gasteiger partial charge in [-0.1, -0.05) is 26.0 Å². The molecule has 13 heavy (non-hydrogen) atoms. The van der Waals surface area contributed by atoms with Crippen molar-refractivity contribution in [1.29, 1.82) is 0 Å². The van der Waals surface area contributed by atoms with E-state index < -0.39 is 0 Å². The normalized spacial score (nSPS) is 26.3. The summed E-state index contributed by atoms with van der Waals surface area (Å²) in [7, 11) is 1.68. The number of ether oxygens (including phenoxy) is 1. The average Bonchev–Trinajstić information content (AvgIpc) is 2.04. The zero-order chi connectivity index (χ0) is 10.1. The number of hydrogen-bond acceptors (Lipinski definition) is 2. The molecular formula is C11H16O2. The van der Waals surface area contributed by atoms with Gasteiger partial charge in [0.1, 0.15) is 6.29 Å². The van der Waals surface area contributed by atoms with Crippen LogP contribution in [0, 0.1) is 5.41 Å². The monoisotopic (exact) mass is 180 g/mol. The van der Waals surface area contributed by atoms with E-state index in [1.807, 2.05) is 32.9 Å². The Morgan fingerprint density at radius 3 is 2.54 bits per heavy atom. The second-order valence-corrected chi connectivity index (χ2v) is 3.99. The molecule has 0 fully saturated rings. The summed E-state index contributed by atoms with van der Waals surface area (Å²) in [5, 5.41) is 0. The molecule has 1 aliphatic rings. The first-order valence-corrected chi connectivity index (χ1v) is 4.41. The third-order valence-electron chi connectivity index (χ3n) is 2.70. The van der Waals surface area contributed by atoms with Crippen molar-refractivity contribution >= 4 is 6.29 Å². The Morgan fingerprint density at radius 1 is 1.46 bits per heavy atom. The standard InChI is InChI=1S/C11H16O2/c1-8-5-6-9(7-12)11(2,3)10(8)13-4/h5-7,10H,1-4H3. The van der Waals surface area contributed by atoms with E-state index in [0.717, 1.165) is 17.4 Å². The number of hydrogen-bond donors (Lipinski definition) is 0. The van der Waals surface area contributed by atoms with E-state index in [1.54, 1.807) is 7.11 Å². The molecule has 1 atom stereocenters. The molecule has 1 rings (SSSR count).